The molecule has 1 amide bonds. The van der Waals surface area contributed by atoms with E-state index in [2.05, 4.69) is 9.72 Å². The number of nitrogens with zero attached hydrogens (tertiary/aromatic N) is 2. The number of Topliss-reactive ketones (excluding diaryl/α,β-unsaturated/α-hetero) is 1. The van der Waals surface area contributed by atoms with Crippen LogP contribution in [-0.2, 0) is 33.6 Å². The minimum atomic E-state index is -1.06. The van der Waals surface area contributed by atoms with Crippen LogP contribution in [0.15, 0.2) is 36.5 Å². The average molecular weight is 423 g/mol. The van der Waals surface area contributed by atoms with Crippen LogP contribution in [0.5, 0.6) is 5.88 Å². The van der Waals surface area contributed by atoms with Gasteiger partial charge in [-0.05, 0) is 24.0 Å². The number of aromatic nitrogens is 2. The molecule has 0 aliphatic heterocycles. The number of carbonyl (C=O) groups excluding carboxylic acids is 3. The maximum Gasteiger partial charge on any atom is 0.343 e. The molecule has 3 rings (SSSR count). The Bertz CT molecular complexity index is 1140. The third kappa shape index (κ3) is 4.42. The van der Waals surface area contributed by atoms with Gasteiger partial charge in [0.2, 0.25) is 5.88 Å². The molecule has 2 aromatic heterocycles. The highest BCUT2D eigenvalue weighted by Gasteiger charge is 2.29. The lowest BCUT2D eigenvalue weighted by Gasteiger charge is -2.11. The first-order valence-corrected chi connectivity index (χ1v) is 10.0. The van der Waals surface area contributed by atoms with Crippen molar-refractivity contribution in [3.8, 4) is 5.88 Å². The van der Waals surface area contributed by atoms with Crippen LogP contribution < -0.4 is 10.5 Å². The maximum atomic E-state index is 12.8. The Morgan fingerprint density at radius 1 is 1.10 bits per heavy atom. The highest BCUT2D eigenvalue weighted by atomic mass is 16.6. The first-order valence-electron chi connectivity index (χ1n) is 10.0. The van der Waals surface area contributed by atoms with Gasteiger partial charge in [-0.1, -0.05) is 44.2 Å². The number of ether oxygens (including phenoxy) is 2. The number of fused-ring (bicyclic) bond motifs is 1. The molecule has 0 bridgehead atoms. The molecule has 2 heterocycles. The predicted octanol–water partition coefficient (Wildman–Crippen LogP) is 2.27. The van der Waals surface area contributed by atoms with E-state index < -0.39 is 17.7 Å². The van der Waals surface area contributed by atoms with Gasteiger partial charge in [0.05, 0.1) is 18.4 Å². The lowest BCUT2D eigenvalue weighted by molar-refractivity contribution is -0.143. The maximum absolute atomic E-state index is 12.8. The number of hydrogen-bond acceptors (Lipinski definition) is 6. The van der Waals surface area contributed by atoms with E-state index in [1.807, 2.05) is 54.8 Å². The van der Waals surface area contributed by atoms with Gasteiger partial charge in [0.1, 0.15) is 5.52 Å². The van der Waals surface area contributed by atoms with Crippen molar-refractivity contribution < 1.29 is 23.9 Å². The standard InChI is InChI=1S/C23H25N3O5/c1-4-15-12-26-17(11-14-9-7-6-8-10-14)16(5-2)19(21(28)22(24)29)20(26)23(25-15)31-13-18(27)30-3/h6-10,12H,4-5,11,13H2,1-3H3,(H2,24,29). The average Bonchev–Trinajstić information content (AvgIpc) is 3.10. The number of carbonyl (C=O) groups is 3. The van der Waals surface area contributed by atoms with E-state index in [9.17, 15) is 14.4 Å². The predicted molar refractivity (Wildman–Crippen MR) is 114 cm³/mol. The molecule has 2 N–H and O–H groups in total. The molecule has 3 aromatic rings. The van der Waals surface area contributed by atoms with Crippen LogP contribution in [-0.4, -0.2) is 40.8 Å². The van der Waals surface area contributed by atoms with E-state index in [1.165, 1.54) is 7.11 Å². The van der Waals surface area contributed by atoms with Crippen molar-refractivity contribution in [3.05, 3.63) is 64.6 Å². The van der Waals surface area contributed by atoms with Crippen molar-refractivity contribution in [2.45, 2.75) is 33.1 Å². The number of hydrogen-bond donors (Lipinski definition) is 1. The SMILES string of the molecule is CCc1cn2c(Cc3ccccc3)c(CC)c(C(=O)C(N)=O)c2c(OCC(=O)OC)n1. The highest BCUT2D eigenvalue weighted by molar-refractivity contribution is 6.44. The first-order chi connectivity index (χ1) is 14.9. The number of benzene rings is 1. The van der Waals surface area contributed by atoms with Crippen LogP contribution in [0.2, 0.25) is 0 Å². The normalized spacial score (nSPS) is 10.8. The number of esters is 1. The van der Waals surface area contributed by atoms with Crippen LogP contribution in [0, 0.1) is 0 Å². The number of amides is 1. The van der Waals surface area contributed by atoms with E-state index in [1.54, 1.807) is 0 Å². The lowest BCUT2D eigenvalue weighted by Crippen LogP contribution is -2.24. The Hall–Kier alpha value is -3.68. The zero-order valence-corrected chi connectivity index (χ0v) is 17.8. The van der Waals surface area contributed by atoms with Crippen LogP contribution in [0.4, 0.5) is 0 Å². The van der Waals surface area contributed by atoms with Crippen LogP contribution in [0.25, 0.3) is 5.52 Å². The molecule has 0 saturated carbocycles. The third-order valence-electron chi connectivity index (χ3n) is 5.08. The van der Waals surface area contributed by atoms with Crippen LogP contribution in [0.3, 0.4) is 0 Å². The molecule has 0 fully saturated rings. The molecule has 0 spiro atoms. The summed E-state index contributed by atoms with van der Waals surface area (Å²) < 4.78 is 12.1. The molecule has 0 saturated heterocycles. The van der Waals surface area contributed by atoms with Crippen molar-refractivity contribution in [1.29, 1.82) is 0 Å². The van der Waals surface area contributed by atoms with Crippen molar-refractivity contribution in [2.24, 2.45) is 5.73 Å². The summed E-state index contributed by atoms with van der Waals surface area (Å²) in [6, 6.07) is 9.79. The summed E-state index contributed by atoms with van der Waals surface area (Å²) in [5.74, 6) is -2.38. The summed E-state index contributed by atoms with van der Waals surface area (Å²) in [4.78, 5) is 40.8. The van der Waals surface area contributed by atoms with Crippen LogP contribution in [0.1, 0.15) is 46.7 Å². The molecule has 0 radical (unpaired) electrons. The summed E-state index contributed by atoms with van der Waals surface area (Å²) in [5, 5.41) is 0. The van der Waals surface area contributed by atoms with Gasteiger partial charge in [-0.3, -0.25) is 9.59 Å². The van der Waals surface area contributed by atoms with Gasteiger partial charge in [0.25, 0.3) is 11.7 Å². The highest BCUT2D eigenvalue weighted by Crippen LogP contribution is 2.33. The zero-order chi connectivity index (χ0) is 22.5. The summed E-state index contributed by atoms with van der Waals surface area (Å²) in [7, 11) is 1.25. The largest absolute Gasteiger partial charge is 0.466 e. The van der Waals surface area contributed by atoms with E-state index in [0.717, 1.165) is 11.3 Å². The molecule has 0 aliphatic rings. The van der Waals surface area contributed by atoms with E-state index >= 15 is 0 Å². The fraction of sp³-hybridized carbons (Fsp3) is 0.304. The quantitative estimate of drug-likeness (QED) is 0.321. The monoisotopic (exact) mass is 423 g/mol. The van der Waals surface area contributed by atoms with E-state index in [-0.39, 0.29) is 18.1 Å². The summed E-state index contributed by atoms with van der Waals surface area (Å²) in [6.45, 7) is 3.47. The fourth-order valence-electron chi connectivity index (χ4n) is 3.59. The Morgan fingerprint density at radius 2 is 1.81 bits per heavy atom. The van der Waals surface area contributed by atoms with Crippen molar-refractivity contribution in [1.82, 2.24) is 9.38 Å². The number of primary amides is 1. The Labute approximate surface area is 180 Å². The number of ketones is 1. The van der Waals surface area contributed by atoms with Crippen molar-refractivity contribution >= 4 is 23.2 Å². The molecule has 0 aliphatic carbocycles. The van der Waals surface area contributed by atoms with Gasteiger partial charge in [-0.15, -0.1) is 0 Å². The van der Waals surface area contributed by atoms with Crippen molar-refractivity contribution in [2.75, 3.05) is 13.7 Å². The summed E-state index contributed by atoms with van der Waals surface area (Å²) in [6.07, 6.45) is 3.46. The molecule has 0 atom stereocenters. The molecule has 1 aromatic carbocycles. The van der Waals surface area contributed by atoms with Gasteiger partial charge in [-0.25, -0.2) is 9.78 Å². The number of methoxy groups -OCH3 is 1. The topological polar surface area (TPSA) is 113 Å². The molecule has 8 heteroatoms. The first kappa shape index (κ1) is 22.0. The molecule has 8 nitrogen and oxygen atoms in total. The molecule has 0 unspecified atom stereocenters. The van der Waals surface area contributed by atoms with E-state index in [4.69, 9.17) is 10.5 Å². The number of rotatable bonds is 9. The summed E-state index contributed by atoms with van der Waals surface area (Å²) in [5.41, 5.74) is 9.14. The van der Waals surface area contributed by atoms with Gasteiger partial charge in [0.15, 0.2) is 6.61 Å². The number of aryl methyl sites for hydroxylation is 1. The Kier molecular flexibility index (Phi) is 6.69. The molecule has 31 heavy (non-hydrogen) atoms. The Balaban J connectivity index is 2.32. The third-order valence-corrected chi connectivity index (χ3v) is 5.08. The van der Waals surface area contributed by atoms with Gasteiger partial charge in [0, 0.05) is 18.3 Å². The van der Waals surface area contributed by atoms with Gasteiger partial charge < -0.3 is 19.6 Å². The van der Waals surface area contributed by atoms with Crippen LogP contribution >= 0.6 is 0 Å². The molecular weight excluding hydrogens is 398 g/mol. The number of nitrogens with two attached hydrogens (primary N) is 1. The van der Waals surface area contributed by atoms with E-state index in [0.29, 0.717) is 36.0 Å². The Morgan fingerprint density at radius 3 is 2.39 bits per heavy atom. The smallest absolute Gasteiger partial charge is 0.343 e. The second-order valence-electron chi connectivity index (χ2n) is 6.98. The fourth-order valence-corrected chi connectivity index (χ4v) is 3.59. The molecule has 162 valence electrons. The zero-order valence-electron chi connectivity index (χ0n) is 17.8. The lowest BCUT2D eigenvalue weighted by atomic mass is 9.99. The minimum absolute atomic E-state index is 0.0864. The molecular formula is C23H25N3O5. The summed E-state index contributed by atoms with van der Waals surface area (Å²) >= 11 is 0. The van der Waals surface area contributed by atoms with Crippen molar-refractivity contribution in [3.63, 3.8) is 0 Å². The van der Waals surface area contributed by atoms with Gasteiger partial charge >= 0.3 is 5.97 Å². The minimum Gasteiger partial charge on any atom is -0.466 e. The van der Waals surface area contributed by atoms with Gasteiger partial charge in [-0.2, -0.15) is 0 Å². The second kappa shape index (κ2) is 9.42. The second-order valence-corrected chi connectivity index (χ2v) is 6.98.